The van der Waals surface area contributed by atoms with Crippen LogP contribution in [0.4, 0.5) is 17.2 Å². The summed E-state index contributed by atoms with van der Waals surface area (Å²) in [4.78, 5) is 38.3. The third kappa shape index (κ3) is 5.64. The Balaban J connectivity index is 1.13. The molecule has 0 bridgehead atoms. The van der Waals surface area contributed by atoms with E-state index in [0.717, 1.165) is 92.6 Å². The molecule has 5 heterocycles. The highest BCUT2D eigenvalue weighted by atomic mass is 16.2. The normalized spacial score (nSPS) is 16.9. The van der Waals surface area contributed by atoms with E-state index in [4.69, 9.17) is 4.98 Å². The molecule has 0 spiro atoms. The number of anilines is 3. The summed E-state index contributed by atoms with van der Waals surface area (Å²) >= 11 is 0. The molecule has 2 aromatic heterocycles. The number of fused-ring (bicyclic) bond motifs is 1. The van der Waals surface area contributed by atoms with Crippen LogP contribution in [0.1, 0.15) is 45.8 Å². The van der Waals surface area contributed by atoms with Crippen LogP contribution in [0.5, 0.6) is 0 Å². The first kappa shape index (κ1) is 26.9. The number of carbonyl (C=O) groups excluding carboxylic acids is 2. The smallest absolute Gasteiger partial charge is 0.298 e. The molecule has 1 N–H and O–H groups in total. The van der Waals surface area contributed by atoms with Gasteiger partial charge in [0.25, 0.3) is 11.7 Å². The van der Waals surface area contributed by atoms with Gasteiger partial charge in [0, 0.05) is 74.6 Å². The molecule has 41 heavy (non-hydrogen) atoms. The van der Waals surface area contributed by atoms with Gasteiger partial charge in [0.15, 0.2) is 0 Å². The molecule has 0 saturated carbocycles. The minimum Gasteiger partial charge on any atom is -0.377 e. The highest BCUT2D eigenvalue weighted by Gasteiger charge is 2.29. The summed E-state index contributed by atoms with van der Waals surface area (Å²) in [5, 5.41) is 2.86. The van der Waals surface area contributed by atoms with Crippen molar-refractivity contribution in [1.29, 1.82) is 0 Å². The molecule has 3 aliphatic rings. The zero-order valence-electron chi connectivity index (χ0n) is 24.2. The molecule has 1 fully saturated rings. The molecule has 1 aromatic carbocycles. The van der Waals surface area contributed by atoms with E-state index in [2.05, 4.69) is 55.8 Å². The van der Waals surface area contributed by atoms with Gasteiger partial charge in [-0.05, 0) is 99.0 Å². The van der Waals surface area contributed by atoms with Crippen molar-refractivity contribution in [2.24, 2.45) is 0 Å². The summed E-state index contributed by atoms with van der Waals surface area (Å²) in [6.07, 6.45) is 9.20. The molecular weight excluding hydrogens is 512 g/mol. The van der Waals surface area contributed by atoms with Gasteiger partial charge in [0.1, 0.15) is 11.5 Å². The lowest BCUT2D eigenvalue weighted by atomic mass is 10.0. The standard InChI is InChI=1S/C33H38N6O2/c1-23-20-24(2)34-30(21-23)38-18-16-37(17-19-38)27-9-7-26(8-10-27)35-33(41)32(40)31-29(25-11-14-36(3)15-12-25)22-28-6-4-5-13-39(28)31/h7-12,14,20-22H,4-6,13,15-19H2,1-3H3,(H,35,41). The fraction of sp³-hybridized carbons (Fsp3) is 0.364. The predicted octanol–water partition coefficient (Wildman–Crippen LogP) is 4.83. The summed E-state index contributed by atoms with van der Waals surface area (Å²) < 4.78 is 2.06. The number of aryl methyl sites for hydroxylation is 3. The van der Waals surface area contributed by atoms with Crippen LogP contribution in [-0.2, 0) is 17.8 Å². The third-order valence-corrected chi connectivity index (χ3v) is 8.27. The average molecular weight is 551 g/mol. The number of carbonyl (C=O) groups is 2. The van der Waals surface area contributed by atoms with Crippen molar-refractivity contribution >= 4 is 34.5 Å². The van der Waals surface area contributed by atoms with Crippen molar-refractivity contribution in [2.45, 2.75) is 39.7 Å². The molecule has 1 amide bonds. The number of aromatic nitrogens is 2. The summed E-state index contributed by atoms with van der Waals surface area (Å²) in [7, 11) is 2.02. The van der Waals surface area contributed by atoms with E-state index < -0.39 is 11.7 Å². The highest BCUT2D eigenvalue weighted by Crippen LogP contribution is 2.31. The first-order valence-corrected chi connectivity index (χ1v) is 14.6. The van der Waals surface area contributed by atoms with Crippen LogP contribution in [0.15, 0.2) is 60.8 Å². The number of likely N-dealkylation sites (N-methyl/N-ethyl adjacent to an activating group) is 1. The maximum Gasteiger partial charge on any atom is 0.298 e. The van der Waals surface area contributed by atoms with Gasteiger partial charge in [-0.3, -0.25) is 9.59 Å². The number of hydrogen-bond acceptors (Lipinski definition) is 6. The summed E-state index contributed by atoms with van der Waals surface area (Å²) in [5.41, 5.74) is 7.49. The van der Waals surface area contributed by atoms with Crippen LogP contribution in [0.2, 0.25) is 0 Å². The van der Waals surface area contributed by atoms with Gasteiger partial charge in [-0.2, -0.15) is 0 Å². The van der Waals surface area contributed by atoms with Crippen LogP contribution in [-0.4, -0.2) is 65.9 Å². The number of Topliss-reactive ketones (excluding diaryl/α,β-unsaturated/α-hetero) is 1. The van der Waals surface area contributed by atoms with Gasteiger partial charge >= 0.3 is 0 Å². The van der Waals surface area contributed by atoms with Gasteiger partial charge in [0.2, 0.25) is 0 Å². The number of pyridine rings is 1. The Bertz CT molecular complexity index is 1510. The number of rotatable bonds is 6. The van der Waals surface area contributed by atoms with Gasteiger partial charge < -0.3 is 24.6 Å². The Morgan fingerprint density at radius 1 is 0.902 bits per heavy atom. The molecule has 0 atom stereocenters. The lowest BCUT2D eigenvalue weighted by Gasteiger charge is -2.37. The van der Waals surface area contributed by atoms with Gasteiger partial charge in [-0.1, -0.05) is 6.08 Å². The minimum atomic E-state index is -0.599. The van der Waals surface area contributed by atoms with E-state index in [1.165, 1.54) is 5.56 Å². The molecule has 8 nitrogen and oxygen atoms in total. The molecule has 3 aliphatic heterocycles. The van der Waals surface area contributed by atoms with Gasteiger partial charge in [-0.25, -0.2) is 4.98 Å². The fourth-order valence-corrected chi connectivity index (χ4v) is 6.11. The van der Waals surface area contributed by atoms with Crippen molar-refractivity contribution in [3.63, 3.8) is 0 Å². The maximum absolute atomic E-state index is 13.6. The van der Waals surface area contributed by atoms with Crippen LogP contribution < -0.4 is 15.1 Å². The predicted molar refractivity (Wildman–Crippen MR) is 165 cm³/mol. The number of nitrogens with zero attached hydrogens (tertiary/aromatic N) is 5. The van der Waals surface area contributed by atoms with E-state index in [9.17, 15) is 9.59 Å². The largest absolute Gasteiger partial charge is 0.377 e. The Morgan fingerprint density at radius 2 is 1.66 bits per heavy atom. The van der Waals surface area contributed by atoms with Crippen molar-refractivity contribution in [3.05, 3.63) is 89.0 Å². The molecule has 8 heteroatoms. The second-order valence-corrected chi connectivity index (χ2v) is 11.4. The monoisotopic (exact) mass is 550 g/mol. The zero-order chi connectivity index (χ0) is 28.5. The summed E-state index contributed by atoms with van der Waals surface area (Å²) in [5.74, 6) is -0.0421. The van der Waals surface area contributed by atoms with Crippen LogP contribution in [0, 0.1) is 13.8 Å². The number of amides is 1. The number of allylic oxidation sites excluding steroid dienone is 2. The second kappa shape index (κ2) is 11.3. The molecular formula is C33H38N6O2. The van der Waals surface area contributed by atoms with Crippen LogP contribution in [0.25, 0.3) is 5.57 Å². The Kier molecular flexibility index (Phi) is 7.39. The lowest BCUT2D eigenvalue weighted by Crippen LogP contribution is -2.46. The van der Waals surface area contributed by atoms with Gasteiger partial charge in [0.05, 0.1) is 0 Å². The van der Waals surface area contributed by atoms with E-state index in [1.54, 1.807) is 0 Å². The first-order chi connectivity index (χ1) is 19.9. The lowest BCUT2D eigenvalue weighted by molar-refractivity contribution is -0.112. The van der Waals surface area contributed by atoms with Crippen LogP contribution in [0.3, 0.4) is 0 Å². The highest BCUT2D eigenvalue weighted by molar-refractivity contribution is 6.46. The van der Waals surface area contributed by atoms with E-state index >= 15 is 0 Å². The number of piperazine rings is 1. The fourth-order valence-electron chi connectivity index (χ4n) is 6.11. The third-order valence-electron chi connectivity index (χ3n) is 8.27. The van der Waals surface area contributed by atoms with Crippen molar-refractivity contribution in [3.8, 4) is 0 Å². The number of benzene rings is 1. The SMILES string of the molecule is Cc1cc(C)nc(N2CCN(c3ccc(NC(=O)C(=O)c4c(C5=CCN(C)C=C5)cc5n4CCCC5)cc3)CC2)c1. The zero-order valence-corrected chi connectivity index (χ0v) is 24.2. The van der Waals surface area contributed by atoms with Crippen LogP contribution >= 0.6 is 0 Å². The number of nitrogens with one attached hydrogen (secondary N) is 1. The average Bonchev–Trinajstić information content (AvgIpc) is 3.37. The minimum absolute atomic E-state index is 0.485. The molecule has 0 radical (unpaired) electrons. The summed E-state index contributed by atoms with van der Waals surface area (Å²) in [6, 6.07) is 14.2. The van der Waals surface area contributed by atoms with E-state index in [0.29, 0.717) is 11.4 Å². The van der Waals surface area contributed by atoms with E-state index in [1.807, 2.05) is 50.5 Å². The van der Waals surface area contributed by atoms with Crippen molar-refractivity contribution < 1.29 is 9.59 Å². The Morgan fingerprint density at radius 3 is 2.37 bits per heavy atom. The molecule has 0 unspecified atom stereocenters. The number of ketones is 1. The first-order valence-electron chi connectivity index (χ1n) is 14.6. The van der Waals surface area contributed by atoms with Crippen molar-refractivity contribution in [2.75, 3.05) is 54.9 Å². The van der Waals surface area contributed by atoms with Gasteiger partial charge in [-0.15, -0.1) is 0 Å². The Hall–Kier alpha value is -4.33. The summed E-state index contributed by atoms with van der Waals surface area (Å²) in [6.45, 7) is 9.26. The number of hydrogen-bond donors (Lipinski definition) is 1. The quantitative estimate of drug-likeness (QED) is 0.350. The Labute approximate surface area is 242 Å². The maximum atomic E-state index is 13.6. The molecule has 1 saturated heterocycles. The molecule has 3 aromatic rings. The van der Waals surface area contributed by atoms with Crippen molar-refractivity contribution in [1.82, 2.24) is 14.5 Å². The van der Waals surface area contributed by atoms with E-state index in [-0.39, 0.29) is 0 Å². The topological polar surface area (TPSA) is 73.7 Å². The second-order valence-electron chi connectivity index (χ2n) is 11.4. The molecule has 0 aliphatic carbocycles. The molecule has 6 rings (SSSR count). The molecule has 212 valence electrons.